The first-order valence-electron chi connectivity index (χ1n) is 12.8. The number of piperidine rings is 1. The summed E-state index contributed by atoms with van der Waals surface area (Å²) in [6, 6.07) is 18.0. The van der Waals surface area contributed by atoms with Gasteiger partial charge in [-0.15, -0.1) is 0 Å². The Morgan fingerprint density at radius 1 is 1.09 bits per heavy atom. The summed E-state index contributed by atoms with van der Waals surface area (Å²) < 4.78 is 5.61. The van der Waals surface area contributed by atoms with E-state index in [0.29, 0.717) is 19.5 Å². The van der Waals surface area contributed by atoms with Gasteiger partial charge < -0.3 is 19.6 Å². The van der Waals surface area contributed by atoms with Crippen LogP contribution in [-0.4, -0.2) is 52.2 Å². The number of carbonyl (C=O) groups is 2. The molecule has 35 heavy (non-hydrogen) atoms. The molecule has 1 aliphatic carbocycles. The van der Waals surface area contributed by atoms with Crippen LogP contribution in [-0.2, 0) is 14.9 Å². The van der Waals surface area contributed by atoms with E-state index in [0.717, 1.165) is 24.8 Å². The number of aliphatic hydroxyl groups excluding tert-OH is 1. The van der Waals surface area contributed by atoms with Crippen LogP contribution in [0, 0.1) is 5.92 Å². The molecule has 1 spiro atoms. The zero-order chi connectivity index (χ0) is 24.8. The molecule has 3 aliphatic rings. The minimum atomic E-state index is -0.507. The zero-order valence-electron chi connectivity index (χ0n) is 20.9. The second kappa shape index (κ2) is 8.98. The van der Waals surface area contributed by atoms with E-state index in [9.17, 15) is 14.7 Å². The van der Waals surface area contributed by atoms with Crippen LogP contribution in [0.1, 0.15) is 75.2 Å². The van der Waals surface area contributed by atoms with Crippen molar-refractivity contribution in [2.24, 2.45) is 5.92 Å². The maximum atomic E-state index is 13.4. The van der Waals surface area contributed by atoms with E-state index < -0.39 is 5.60 Å². The third kappa shape index (κ3) is 4.33. The predicted molar refractivity (Wildman–Crippen MR) is 134 cm³/mol. The van der Waals surface area contributed by atoms with Crippen LogP contribution in [0.25, 0.3) is 0 Å². The summed E-state index contributed by atoms with van der Waals surface area (Å²) in [6.07, 6.45) is 2.91. The maximum absolute atomic E-state index is 13.4. The second-order valence-corrected chi connectivity index (χ2v) is 11.4. The largest absolute Gasteiger partial charge is 0.444 e. The van der Waals surface area contributed by atoms with Gasteiger partial charge in [0.25, 0.3) is 0 Å². The Balaban J connectivity index is 1.44. The van der Waals surface area contributed by atoms with Gasteiger partial charge in [-0.1, -0.05) is 54.6 Å². The van der Waals surface area contributed by atoms with Gasteiger partial charge in [0.15, 0.2) is 0 Å². The van der Waals surface area contributed by atoms with Crippen molar-refractivity contribution in [3.63, 3.8) is 0 Å². The Morgan fingerprint density at radius 3 is 2.40 bits per heavy atom. The molecular formula is C29H36N2O4. The minimum absolute atomic E-state index is 0.0365. The molecule has 2 unspecified atom stereocenters. The number of ether oxygens (including phenoxy) is 1. The average molecular weight is 477 g/mol. The van der Waals surface area contributed by atoms with Gasteiger partial charge >= 0.3 is 6.09 Å². The van der Waals surface area contributed by atoms with Crippen LogP contribution in [0.3, 0.4) is 0 Å². The summed E-state index contributed by atoms with van der Waals surface area (Å²) >= 11 is 0. The molecule has 186 valence electrons. The van der Waals surface area contributed by atoms with Gasteiger partial charge in [-0.05, 0) is 68.1 Å². The number of aliphatic hydroxyl groups is 1. The first kappa shape index (κ1) is 23.9. The second-order valence-electron chi connectivity index (χ2n) is 11.4. The van der Waals surface area contributed by atoms with Crippen LogP contribution in [0.5, 0.6) is 0 Å². The van der Waals surface area contributed by atoms with Crippen molar-refractivity contribution in [2.75, 3.05) is 19.7 Å². The summed E-state index contributed by atoms with van der Waals surface area (Å²) in [4.78, 5) is 29.9. The zero-order valence-corrected chi connectivity index (χ0v) is 20.9. The molecule has 2 aromatic rings. The number of nitrogens with zero attached hydrogens (tertiary/aromatic N) is 2. The molecule has 2 aromatic carbocycles. The molecule has 3 atom stereocenters. The molecule has 6 nitrogen and oxygen atoms in total. The SMILES string of the molecule is CC(C)(C)OC(=O)N1CCC2(CC1)CC1CC(=O)N([C@H](CO)c3ccccc3)C1c1ccccc12. The Bertz CT molecular complexity index is 1090. The van der Waals surface area contributed by atoms with E-state index in [2.05, 4.69) is 24.3 Å². The van der Waals surface area contributed by atoms with Crippen LogP contribution >= 0.6 is 0 Å². The first-order valence-corrected chi connectivity index (χ1v) is 12.8. The molecule has 2 fully saturated rings. The van der Waals surface area contributed by atoms with Crippen LogP contribution in [0.2, 0.25) is 0 Å². The van der Waals surface area contributed by atoms with Crippen LogP contribution in [0.4, 0.5) is 4.79 Å². The third-order valence-electron chi connectivity index (χ3n) is 8.04. The Labute approximate surface area is 207 Å². The fourth-order valence-corrected chi connectivity index (χ4v) is 6.57. The molecule has 1 N–H and O–H groups in total. The quantitative estimate of drug-likeness (QED) is 0.678. The lowest BCUT2D eigenvalue weighted by Gasteiger charge is -2.50. The topological polar surface area (TPSA) is 70.1 Å². The highest BCUT2D eigenvalue weighted by Gasteiger charge is 2.53. The molecular weight excluding hydrogens is 440 g/mol. The van der Waals surface area contributed by atoms with E-state index >= 15 is 0 Å². The number of carbonyl (C=O) groups excluding carboxylic acids is 2. The number of benzene rings is 2. The number of fused-ring (bicyclic) bond motifs is 4. The van der Waals surface area contributed by atoms with Crippen molar-refractivity contribution in [2.45, 2.75) is 69.6 Å². The molecule has 5 rings (SSSR count). The van der Waals surface area contributed by atoms with Gasteiger partial charge in [0, 0.05) is 19.5 Å². The fraction of sp³-hybridized carbons (Fsp3) is 0.517. The highest BCUT2D eigenvalue weighted by molar-refractivity contribution is 5.81. The summed E-state index contributed by atoms with van der Waals surface area (Å²) in [5.41, 5.74) is 2.91. The number of likely N-dealkylation sites (tertiary alicyclic amines) is 2. The normalized spacial score (nSPS) is 24.2. The van der Waals surface area contributed by atoms with Crippen molar-refractivity contribution in [3.8, 4) is 0 Å². The lowest BCUT2D eigenvalue weighted by Crippen LogP contribution is -2.50. The van der Waals surface area contributed by atoms with Crippen molar-refractivity contribution in [1.82, 2.24) is 9.80 Å². The fourth-order valence-electron chi connectivity index (χ4n) is 6.57. The standard InChI is InChI=1S/C29H36N2O4/c1-28(2,3)35-27(34)30-15-13-29(14-16-30)18-21-17-25(33)31(24(19-32)20-9-5-4-6-10-20)26(21)22-11-7-8-12-23(22)29/h4-12,21,24,26,32H,13-19H2,1-3H3/t21?,24-,26?/m1/s1. The van der Waals surface area contributed by atoms with Gasteiger partial charge in [-0.25, -0.2) is 4.79 Å². The first-order chi connectivity index (χ1) is 16.7. The summed E-state index contributed by atoms with van der Waals surface area (Å²) in [6.45, 7) is 6.89. The van der Waals surface area contributed by atoms with E-state index in [-0.39, 0.29) is 42.0 Å². The van der Waals surface area contributed by atoms with Gasteiger partial charge in [0.1, 0.15) is 5.60 Å². The van der Waals surface area contributed by atoms with Gasteiger partial charge in [-0.2, -0.15) is 0 Å². The Kier molecular flexibility index (Phi) is 6.12. The van der Waals surface area contributed by atoms with E-state index in [1.807, 2.05) is 60.9 Å². The monoisotopic (exact) mass is 476 g/mol. The van der Waals surface area contributed by atoms with E-state index in [1.165, 1.54) is 11.1 Å². The van der Waals surface area contributed by atoms with Gasteiger partial charge in [0.05, 0.1) is 18.7 Å². The van der Waals surface area contributed by atoms with Gasteiger partial charge in [-0.3, -0.25) is 4.79 Å². The molecule has 0 aromatic heterocycles. The van der Waals surface area contributed by atoms with Crippen molar-refractivity contribution < 1.29 is 19.4 Å². The average Bonchev–Trinajstić information content (AvgIpc) is 3.15. The predicted octanol–water partition coefficient (Wildman–Crippen LogP) is 4.98. The minimum Gasteiger partial charge on any atom is -0.444 e. The number of hydrogen-bond donors (Lipinski definition) is 1. The van der Waals surface area contributed by atoms with E-state index in [1.54, 1.807) is 0 Å². The molecule has 0 bridgehead atoms. The van der Waals surface area contributed by atoms with Crippen molar-refractivity contribution in [1.29, 1.82) is 0 Å². The lowest BCUT2D eigenvalue weighted by atomic mass is 9.60. The Morgan fingerprint density at radius 2 is 1.74 bits per heavy atom. The number of rotatable bonds is 3. The van der Waals surface area contributed by atoms with Crippen LogP contribution in [0.15, 0.2) is 54.6 Å². The Hall–Kier alpha value is -2.86. The maximum Gasteiger partial charge on any atom is 0.410 e. The summed E-state index contributed by atoms with van der Waals surface area (Å²) in [5, 5.41) is 10.4. The number of amides is 2. The van der Waals surface area contributed by atoms with Crippen molar-refractivity contribution >= 4 is 12.0 Å². The van der Waals surface area contributed by atoms with E-state index in [4.69, 9.17) is 4.74 Å². The van der Waals surface area contributed by atoms with Crippen LogP contribution < -0.4 is 0 Å². The lowest BCUT2D eigenvalue weighted by molar-refractivity contribution is -0.132. The highest BCUT2D eigenvalue weighted by Crippen LogP contribution is 2.57. The molecule has 2 aliphatic heterocycles. The molecule has 2 saturated heterocycles. The number of hydrogen-bond acceptors (Lipinski definition) is 4. The molecule has 2 amide bonds. The molecule has 2 heterocycles. The molecule has 6 heteroatoms. The van der Waals surface area contributed by atoms with Crippen molar-refractivity contribution in [3.05, 3.63) is 71.3 Å². The summed E-state index contributed by atoms with van der Waals surface area (Å²) in [5.74, 6) is 0.309. The highest BCUT2D eigenvalue weighted by atomic mass is 16.6. The molecule has 0 saturated carbocycles. The summed E-state index contributed by atoms with van der Waals surface area (Å²) in [7, 11) is 0. The molecule has 0 radical (unpaired) electrons. The third-order valence-corrected chi connectivity index (χ3v) is 8.04. The smallest absolute Gasteiger partial charge is 0.410 e. The van der Waals surface area contributed by atoms with Gasteiger partial charge in [0.2, 0.25) is 5.91 Å².